The molecule has 0 aromatic heterocycles. The summed E-state index contributed by atoms with van der Waals surface area (Å²) in [6, 6.07) is 0. The maximum Gasteiger partial charge on any atom is 3.00 e. The Morgan fingerprint density at radius 1 is 0.276 bits per heavy atom. The van der Waals surface area contributed by atoms with E-state index in [0.717, 1.165) is 0 Å². The molecule has 0 saturated heterocycles. The van der Waals surface area contributed by atoms with Gasteiger partial charge in [-0.15, -0.1) is 0 Å². The number of Topliss-reactive ketones (excluding diaryl/α,β-unsaturated/α-hetero) is 6. The molecule has 0 rings (SSSR count). The average molecular weight is 1020 g/mol. The average Bonchev–Trinajstić information content (AvgIpc) is 2.93. The number of carbonyl (C=O) groups is 6. The molecule has 0 aliphatic heterocycles. The van der Waals surface area contributed by atoms with Crippen molar-refractivity contribution in [1.29, 1.82) is 0 Å². The third-order valence-corrected chi connectivity index (χ3v) is 6.18. The van der Waals surface area contributed by atoms with Gasteiger partial charge in [0.1, 0.15) is 0 Å². The van der Waals surface area contributed by atoms with Crippen molar-refractivity contribution in [3.05, 3.63) is 19.3 Å². The summed E-state index contributed by atoms with van der Waals surface area (Å²) in [6.45, 7) is 10.6. The Hall–Kier alpha value is -2.65. The van der Waals surface area contributed by atoms with Crippen LogP contribution in [0.4, 0.5) is 92.2 Å². The first-order chi connectivity index (χ1) is 24.1. The van der Waals surface area contributed by atoms with Gasteiger partial charge >= 0.3 is 89.7 Å². The number of hydrogen-bond donors (Lipinski definition) is 0. The summed E-state index contributed by atoms with van der Waals surface area (Å²) in [5, 5.41) is 0. The maximum absolute atomic E-state index is 12.8. The van der Waals surface area contributed by atoms with E-state index >= 15 is 0 Å². The van der Waals surface area contributed by atoms with E-state index in [9.17, 15) is 121 Å². The summed E-state index contributed by atoms with van der Waals surface area (Å²) in [4.78, 5) is 65.9. The molecular formula is C30H30F21LaO6. The van der Waals surface area contributed by atoms with Crippen molar-refractivity contribution in [3.63, 3.8) is 0 Å². The Morgan fingerprint density at radius 2 is 0.397 bits per heavy atom. The van der Waals surface area contributed by atoms with Crippen molar-refractivity contribution in [2.75, 3.05) is 0 Å². The fourth-order valence-electron chi connectivity index (χ4n) is 2.28. The van der Waals surface area contributed by atoms with E-state index in [-0.39, 0.29) is 35.6 Å². The van der Waals surface area contributed by atoms with Crippen molar-refractivity contribution < 1.29 is 157 Å². The fourth-order valence-corrected chi connectivity index (χ4v) is 2.28. The van der Waals surface area contributed by atoms with Gasteiger partial charge in [-0.2, -0.15) is 92.2 Å². The Bertz CT molecular complexity index is 1310. The topological polar surface area (TPSA) is 102 Å². The van der Waals surface area contributed by atoms with E-state index in [1.54, 1.807) is 0 Å². The van der Waals surface area contributed by atoms with E-state index < -0.39 is 124 Å². The molecule has 0 aromatic carbocycles. The molecule has 0 saturated carbocycles. The summed E-state index contributed by atoms with van der Waals surface area (Å²) < 4.78 is 258. The van der Waals surface area contributed by atoms with Crippen LogP contribution >= 0.6 is 0 Å². The van der Waals surface area contributed by atoms with Gasteiger partial charge in [0.15, 0.2) is 0 Å². The molecule has 0 aromatic rings. The largest absolute Gasteiger partial charge is 3.00 e. The monoisotopic (exact) mass is 1020 g/mol. The Labute approximate surface area is 342 Å². The summed E-state index contributed by atoms with van der Waals surface area (Å²) in [7, 11) is 0. The SMILES string of the molecule is CC(C)(C)C(=O)[CH-]C(=O)C(F)(F)C(F)(F)C(F)(F)F.CC(C)(C)C(=O)[CH-]C(=O)C(F)(F)C(F)(F)C(F)(F)F.CC(C)(C)C(=O)[CH-]C(=O)C(F)(F)C(F)(F)C(F)(F)F.[La+3]. The van der Waals surface area contributed by atoms with Crippen molar-refractivity contribution in [2.45, 2.75) is 116 Å². The molecule has 0 heterocycles. The zero-order valence-corrected chi connectivity index (χ0v) is 34.3. The van der Waals surface area contributed by atoms with Gasteiger partial charge in [-0.25, -0.2) is 0 Å². The van der Waals surface area contributed by atoms with Gasteiger partial charge in [0.2, 0.25) is 0 Å². The third kappa shape index (κ3) is 14.8. The first-order valence-corrected chi connectivity index (χ1v) is 14.4. The van der Waals surface area contributed by atoms with Crippen molar-refractivity contribution in [3.8, 4) is 0 Å². The first kappa shape index (κ1) is 62.0. The number of ketones is 6. The van der Waals surface area contributed by atoms with Crippen LogP contribution in [0, 0.1) is 71.1 Å². The van der Waals surface area contributed by atoms with E-state index in [1.165, 1.54) is 62.3 Å². The van der Waals surface area contributed by atoms with E-state index in [4.69, 9.17) is 0 Å². The predicted molar refractivity (Wildman–Crippen MR) is 149 cm³/mol. The van der Waals surface area contributed by atoms with Crippen LogP contribution in [-0.4, -0.2) is 88.8 Å². The minimum atomic E-state index is -6.61. The van der Waals surface area contributed by atoms with Crippen LogP contribution in [0.1, 0.15) is 62.3 Å². The van der Waals surface area contributed by atoms with Gasteiger partial charge in [0, 0.05) is 17.3 Å². The van der Waals surface area contributed by atoms with Crippen molar-refractivity contribution in [1.82, 2.24) is 0 Å². The van der Waals surface area contributed by atoms with Gasteiger partial charge in [-0.1, -0.05) is 62.3 Å². The van der Waals surface area contributed by atoms with Crippen LogP contribution in [0.3, 0.4) is 0 Å². The van der Waals surface area contributed by atoms with Crippen LogP contribution in [0.5, 0.6) is 0 Å². The molecule has 0 bridgehead atoms. The molecule has 6 nitrogen and oxygen atoms in total. The third-order valence-electron chi connectivity index (χ3n) is 6.18. The molecule has 28 heteroatoms. The molecule has 0 aliphatic rings. The zero-order chi connectivity index (χ0) is 47.6. The number of hydrogen-bond acceptors (Lipinski definition) is 6. The normalized spacial score (nSPS) is 14.0. The molecule has 336 valence electrons. The number of alkyl halides is 21. The van der Waals surface area contributed by atoms with Gasteiger partial charge < -0.3 is 28.8 Å². The quantitative estimate of drug-likeness (QED) is 0.110. The summed E-state index contributed by atoms with van der Waals surface area (Å²) in [5.41, 5.74) is -4.09. The molecule has 0 fully saturated rings. The molecule has 0 amide bonds. The second-order valence-electron chi connectivity index (χ2n) is 14.3. The Balaban J connectivity index is -0.000000374. The second kappa shape index (κ2) is 19.0. The van der Waals surface area contributed by atoms with Gasteiger partial charge in [0.05, 0.1) is 17.3 Å². The van der Waals surface area contributed by atoms with Crippen molar-refractivity contribution in [2.24, 2.45) is 16.2 Å². The van der Waals surface area contributed by atoms with E-state index in [0.29, 0.717) is 0 Å². The minimum absolute atomic E-state index is 0. The molecule has 0 N–H and O–H groups in total. The molecule has 58 heavy (non-hydrogen) atoms. The van der Waals surface area contributed by atoms with E-state index in [1.807, 2.05) is 0 Å². The molecular weight excluding hydrogens is 994 g/mol. The van der Waals surface area contributed by atoms with Gasteiger partial charge in [-0.05, 0) is 16.2 Å². The number of carbonyl (C=O) groups excluding carboxylic acids is 6. The summed E-state index contributed by atoms with van der Waals surface area (Å²) in [5.74, 6) is -50.2. The van der Waals surface area contributed by atoms with Crippen LogP contribution in [0.25, 0.3) is 0 Å². The maximum atomic E-state index is 12.8. The Morgan fingerprint density at radius 3 is 0.483 bits per heavy atom. The second-order valence-corrected chi connectivity index (χ2v) is 14.3. The van der Waals surface area contributed by atoms with E-state index in [2.05, 4.69) is 0 Å². The predicted octanol–water partition coefficient (Wildman–Crippen LogP) is 9.62. The van der Waals surface area contributed by atoms with Crippen LogP contribution in [0.15, 0.2) is 0 Å². The number of rotatable bonds is 12. The van der Waals surface area contributed by atoms with Crippen LogP contribution < -0.4 is 0 Å². The first-order valence-electron chi connectivity index (χ1n) is 14.4. The van der Waals surface area contributed by atoms with Crippen molar-refractivity contribution >= 4 is 34.7 Å². The zero-order valence-electron chi connectivity index (χ0n) is 30.7. The van der Waals surface area contributed by atoms with Gasteiger partial charge in [-0.3, -0.25) is 19.3 Å². The fraction of sp³-hybridized carbons (Fsp3) is 0.700. The smallest absolute Gasteiger partial charge is 0.333 e. The molecule has 0 spiro atoms. The summed E-state index contributed by atoms with van der Waals surface area (Å²) in [6.07, 6.45) is -21.1. The Kier molecular flexibility index (Phi) is 20.3. The molecule has 0 aliphatic carbocycles. The molecule has 0 atom stereocenters. The van der Waals surface area contributed by atoms with Crippen LogP contribution in [-0.2, 0) is 28.8 Å². The minimum Gasteiger partial charge on any atom is -0.333 e. The van der Waals surface area contributed by atoms with Gasteiger partial charge in [0.25, 0.3) is 0 Å². The standard InChI is InChI=1S/3C10H10F7O2.La/c3*1-7(2,3)5(18)4-6(19)8(11,12)9(13,14)10(15,16)17;/h3*4H,1-3H3;/q3*-1;+3. The molecule has 0 radical (unpaired) electrons. The molecule has 0 unspecified atom stereocenters. The van der Waals surface area contributed by atoms with Crippen LogP contribution in [0.2, 0.25) is 0 Å². The summed E-state index contributed by atoms with van der Waals surface area (Å²) >= 11 is 0. The number of halogens is 21.